The first kappa shape index (κ1) is 13.1. The van der Waals surface area contributed by atoms with Crippen molar-refractivity contribution in [3.63, 3.8) is 0 Å². The van der Waals surface area contributed by atoms with Crippen molar-refractivity contribution < 1.29 is 13.2 Å². The molecule has 2 heterocycles. The molecule has 3 rings (SSSR count). The quantitative estimate of drug-likeness (QED) is 0.755. The molecule has 0 saturated carbocycles. The molecular weight excluding hydrogens is 287 g/mol. The molecule has 0 fully saturated rings. The fourth-order valence-corrected chi connectivity index (χ4v) is 2.73. The molecule has 0 amide bonds. The fraction of sp³-hybridized carbons (Fsp3) is 0.154. The molecule has 0 aliphatic heterocycles. The number of nitrogens with zero attached hydrogens (tertiary/aromatic N) is 2. The Morgan fingerprint density at radius 3 is 2.60 bits per heavy atom. The molecule has 2 N–H and O–H groups in total. The summed E-state index contributed by atoms with van der Waals surface area (Å²) in [5.41, 5.74) is 6.83. The Morgan fingerprint density at radius 2 is 1.95 bits per heavy atom. The minimum Gasteiger partial charge on any atom is -0.324 e. The fourth-order valence-electron chi connectivity index (χ4n) is 2.01. The highest BCUT2D eigenvalue weighted by atomic mass is 32.1. The highest BCUT2D eigenvalue weighted by Gasteiger charge is 2.16. The van der Waals surface area contributed by atoms with E-state index in [1.807, 2.05) is 22.2 Å². The molecule has 20 heavy (non-hydrogen) atoms. The van der Waals surface area contributed by atoms with Crippen LogP contribution in [0.5, 0.6) is 0 Å². The number of rotatable bonds is 3. The Bertz CT molecular complexity index is 714. The maximum atomic E-state index is 13.2. The number of fused-ring (bicyclic) bond motifs is 1. The predicted molar refractivity (Wildman–Crippen MR) is 70.0 cm³/mol. The minimum atomic E-state index is -1.48. The summed E-state index contributed by atoms with van der Waals surface area (Å²) in [7, 11) is 0. The van der Waals surface area contributed by atoms with Gasteiger partial charge in [-0.2, -0.15) is 0 Å². The van der Waals surface area contributed by atoms with E-state index in [9.17, 15) is 13.2 Å². The van der Waals surface area contributed by atoms with Crippen LogP contribution in [0, 0.1) is 17.5 Å². The van der Waals surface area contributed by atoms with Gasteiger partial charge in [0.1, 0.15) is 0 Å². The van der Waals surface area contributed by atoms with Gasteiger partial charge in [-0.25, -0.2) is 18.2 Å². The van der Waals surface area contributed by atoms with Crippen molar-refractivity contribution in [2.75, 3.05) is 0 Å². The summed E-state index contributed by atoms with van der Waals surface area (Å²) in [4.78, 5) is 5.16. The van der Waals surface area contributed by atoms with Gasteiger partial charge < -0.3 is 5.73 Å². The van der Waals surface area contributed by atoms with Crippen molar-refractivity contribution in [3.05, 3.63) is 58.6 Å². The van der Waals surface area contributed by atoms with E-state index in [1.165, 1.54) is 11.3 Å². The third kappa shape index (κ3) is 2.30. The number of benzene rings is 1. The summed E-state index contributed by atoms with van der Waals surface area (Å²) in [5, 5.41) is 1.90. The van der Waals surface area contributed by atoms with Gasteiger partial charge in [-0.1, -0.05) is 0 Å². The smallest absolute Gasteiger partial charge is 0.194 e. The molecule has 3 nitrogen and oxygen atoms in total. The van der Waals surface area contributed by atoms with E-state index in [0.717, 1.165) is 22.8 Å². The molecule has 104 valence electrons. The topological polar surface area (TPSA) is 43.3 Å². The zero-order valence-electron chi connectivity index (χ0n) is 10.2. The molecule has 0 aliphatic carbocycles. The second-order valence-corrected chi connectivity index (χ2v) is 5.31. The average Bonchev–Trinajstić information content (AvgIpc) is 2.96. The first-order valence-electron chi connectivity index (χ1n) is 5.85. The van der Waals surface area contributed by atoms with Gasteiger partial charge in [0.25, 0.3) is 0 Å². The van der Waals surface area contributed by atoms with Crippen LogP contribution in [0.1, 0.15) is 17.3 Å². The van der Waals surface area contributed by atoms with E-state index in [0.29, 0.717) is 6.42 Å². The van der Waals surface area contributed by atoms with E-state index >= 15 is 0 Å². The second kappa shape index (κ2) is 4.92. The number of halogens is 3. The Labute approximate surface area is 116 Å². The highest BCUT2D eigenvalue weighted by Crippen LogP contribution is 2.21. The molecular formula is C13H10F3N3S. The maximum Gasteiger partial charge on any atom is 0.194 e. The van der Waals surface area contributed by atoms with Crippen LogP contribution in [0.2, 0.25) is 0 Å². The Kier molecular flexibility index (Phi) is 3.23. The number of thiazole rings is 1. The van der Waals surface area contributed by atoms with Crippen molar-refractivity contribution in [2.24, 2.45) is 5.73 Å². The minimum absolute atomic E-state index is 0.206. The van der Waals surface area contributed by atoms with Crippen LogP contribution >= 0.6 is 11.3 Å². The van der Waals surface area contributed by atoms with Crippen LogP contribution in [0.4, 0.5) is 13.2 Å². The lowest BCUT2D eigenvalue weighted by molar-refractivity contribution is 0.443. The van der Waals surface area contributed by atoms with Crippen LogP contribution in [0.3, 0.4) is 0 Å². The zero-order valence-corrected chi connectivity index (χ0v) is 11.0. The summed E-state index contributed by atoms with van der Waals surface area (Å²) in [6.07, 6.45) is 3.99. The highest BCUT2D eigenvalue weighted by molar-refractivity contribution is 7.15. The molecule has 2 aromatic heterocycles. The summed E-state index contributed by atoms with van der Waals surface area (Å²) < 4.78 is 41.1. The van der Waals surface area contributed by atoms with E-state index < -0.39 is 23.5 Å². The van der Waals surface area contributed by atoms with E-state index in [1.54, 1.807) is 0 Å². The Hall–Kier alpha value is -1.86. The van der Waals surface area contributed by atoms with Crippen molar-refractivity contribution in [3.8, 4) is 0 Å². The van der Waals surface area contributed by atoms with Gasteiger partial charge >= 0.3 is 0 Å². The van der Waals surface area contributed by atoms with Crippen molar-refractivity contribution in [1.82, 2.24) is 9.38 Å². The van der Waals surface area contributed by atoms with Crippen molar-refractivity contribution >= 4 is 16.3 Å². The molecule has 0 aliphatic rings. The van der Waals surface area contributed by atoms with Crippen LogP contribution in [0.25, 0.3) is 4.96 Å². The van der Waals surface area contributed by atoms with Gasteiger partial charge in [0.05, 0.1) is 5.69 Å². The summed E-state index contributed by atoms with van der Waals surface area (Å²) in [6, 6.07) is 1.19. The number of nitrogens with two attached hydrogens (primary N) is 1. The monoisotopic (exact) mass is 297 g/mol. The lowest BCUT2D eigenvalue weighted by Crippen LogP contribution is -2.14. The van der Waals surface area contributed by atoms with Gasteiger partial charge in [0, 0.05) is 30.2 Å². The molecule has 0 radical (unpaired) electrons. The summed E-state index contributed by atoms with van der Waals surface area (Å²) in [6.45, 7) is 0. The summed E-state index contributed by atoms with van der Waals surface area (Å²) >= 11 is 1.48. The Balaban J connectivity index is 1.85. The molecule has 1 unspecified atom stereocenters. The van der Waals surface area contributed by atoms with Crippen molar-refractivity contribution in [1.29, 1.82) is 0 Å². The summed E-state index contributed by atoms with van der Waals surface area (Å²) in [5.74, 6) is -3.95. The number of aromatic nitrogens is 2. The molecule has 1 atom stereocenters. The molecule has 0 spiro atoms. The van der Waals surface area contributed by atoms with Gasteiger partial charge in [-0.05, 0) is 17.7 Å². The molecule has 0 saturated heterocycles. The number of hydrogen-bond acceptors (Lipinski definition) is 3. The van der Waals surface area contributed by atoms with Crippen LogP contribution in [-0.2, 0) is 6.42 Å². The van der Waals surface area contributed by atoms with Gasteiger partial charge in [-0.15, -0.1) is 11.3 Å². The zero-order chi connectivity index (χ0) is 14.3. The van der Waals surface area contributed by atoms with Crippen LogP contribution < -0.4 is 5.73 Å². The molecule has 0 bridgehead atoms. The number of hydrogen-bond donors (Lipinski definition) is 1. The van der Waals surface area contributed by atoms with Gasteiger partial charge in [0.15, 0.2) is 22.4 Å². The average molecular weight is 297 g/mol. The molecule has 3 aromatic rings. The lowest BCUT2D eigenvalue weighted by Gasteiger charge is -2.11. The normalized spacial score (nSPS) is 13.0. The third-order valence-corrected chi connectivity index (χ3v) is 3.78. The maximum absolute atomic E-state index is 13.2. The SMILES string of the molecule is NC(Cc1cn2ccsc2n1)c1cc(F)c(F)c(F)c1. The lowest BCUT2D eigenvalue weighted by atomic mass is 10.0. The number of imidazole rings is 1. The second-order valence-electron chi connectivity index (χ2n) is 4.43. The Morgan fingerprint density at radius 1 is 1.25 bits per heavy atom. The van der Waals surface area contributed by atoms with Gasteiger partial charge in [0.2, 0.25) is 0 Å². The molecule has 7 heteroatoms. The van der Waals surface area contributed by atoms with E-state index in [-0.39, 0.29) is 5.56 Å². The largest absolute Gasteiger partial charge is 0.324 e. The first-order chi connectivity index (χ1) is 9.54. The predicted octanol–water partition coefficient (Wildman–Crippen LogP) is 3.06. The first-order valence-corrected chi connectivity index (χ1v) is 6.73. The standard InChI is InChI=1S/C13H10F3N3S/c14-9-3-7(4-10(15)12(9)16)11(17)5-8-6-19-1-2-20-13(19)18-8/h1-4,6,11H,5,17H2. The van der Waals surface area contributed by atoms with Gasteiger partial charge in [-0.3, -0.25) is 4.40 Å². The van der Waals surface area contributed by atoms with E-state index in [4.69, 9.17) is 5.73 Å². The van der Waals surface area contributed by atoms with Crippen LogP contribution in [0.15, 0.2) is 29.9 Å². The third-order valence-electron chi connectivity index (χ3n) is 3.01. The van der Waals surface area contributed by atoms with Crippen LogP contribution in [-0.4, -0.2) is 9.38 Å². The van der Waals surface area contributed by atoms with E-state index in [2.05, 4.69) is 4.98 Å². The molecule has 1 aromatic carbocycles. The van der Waals surface area contributed by atoms with Crippen molar-refractivity contribution in [2.45, 2.75) is 12.5 Å².